The quantitative estimate of drug-likeness (QED) is 0.602. The van der Waals surface area contributed by atoms with Crippen LogP contribution >= 0.6 is 0 Å². The fourth-order valence-corrected chi connectivity index (χ4v) is 4.43. The van der Waals surface area contributed by atoms with E-state index in [2.05, 4.69) is 5.32 Å². The first-order valence-corrected chi connectivity index (χ1v) is 11.3. The molecule has 1 N–H and O–H groups in total. The van der Waals surface area contributed by atoms with Crippen molar-refractivity contribution < 1.29 is 28.6 Å². The fourth-order valence-electron chi connectivity index (χ4n) is 4.43. The third-order valence-electron chi connectivity index (χ3n) is 6.45. The standard InChI is InChI=1S/C25H27N3O6/c1-25(12-17-5-10-20-21(11-17)34-15-33-20)23(30)28(24(31)26-25)14-22(29)27(18-6-7-18)13-16-3-8-19(32-2)9-4-16/h3-5,8-11,18H,6-7,12-15H2,1-2H3,(H,26,31)/t25-/m0/s1. The first-order valence-electron chi connectivity index (χ1n) is 11.3. The molecule has 1 atom stereocenters. The van der Waals surface area contributed by atoms with Crippen LogP contribution < -0.4 is 19.5 Å². The van der Waals surface area contributed by atoms with E-state index in [4.69, 9.17) is 14.2 Å². The Hall–Kier alpha value is -3.75. The van der Waals surface area contributed by atoms with Crippen molar-refractivity contribution in [2.45, 2.75) is 44.3 Å². The maximum atomic E-state index is 13.3. The minimum atomic E-state index is -1.15. The summed E-state index contributed by atoms with van der Waals surface area (Å²) in [6.45, 7) is 1.98. The van der Waals surface area contributed by atoms with Crippen molar-refractivity contribution in [3.8, 4) is 17.2 Å². The predicted molar refractivity (Wildman–Crippen MR) is 121 cm³/mol. The number of methoxy groups -OCH3 is 1. The van der Waals surface area contributed by atoms with Crippen molar-refractivity contribution in [3.63, 3.8) is 0 Å². The van der Waals surface area contributed by atoms with Crippen LogP contribution in [0.1, 0.15) is 30.9 Å². The van der Waals surface area contributed by atoms with Crippen LogP contribution in [0.3, 0.4) is 0 Å². The van der Waals surface area contributed by atoms with Gasteiger partial charge in [0.05, 0.1) is 7.11 Å². The summed E-state index contributed by atoms with van der Waals surface area (Å²) in [5.41, 5.74) is 0.643. The Morgan fingerprint density at radius 3 is 2.53 bits per heavy atom. The summed E-state index contributed by atoms with van der Waals surface area (Å²) >= 11 is 0. The van der Waals surface area contributed by atoms with Gasteiger partial charge in [0.1, 0.15) is 17.8 Å². The normalized spacial score (nSPS) is 20.9. The average Bonchev–Trinajstić information content (AvgIpc) is 3.52. The van der Waals surface area contributed by atoms with E-state index in [0.29, 0.717) is 18.0 Å². The zero-order chi connectivity index (χ0) is 23.9. The highest BCUT2D eigenvalue weighted by Crippen LogP contribution is 2.34. The van der Waals surface area contributed by atoms with E-state index in [1.54, 1.807) is 25.0 Å². The first-order chi connectivity index (χ1) is 16.4. The van der Waals surface area contributed by atoms with Crippen LogP contribution in [0.4, 0.5) is 4.79 Å². The SMILES string of the molecule is COc1ccc(CN(C(=O)CN2C(=O)N[C@@](C)(Cc3ccc4c(c3)OCO4)C2=O)C2CC2)cc1. The molecule has 178 valence electrons. The molecule has 2 aromatic carbocycles. The monoisotopic (exact) mass is 465 g/mol. The van der Waals surface area contributed by atoms with Crippen molar-refractivity contribution >= 4 is 17.8 Å². The molecule has 9 nitrogen and oxygen atoms in total. The Kier molecular flexibility index (Phi) is 5.55. The predicted octanol–water partition coefficient (Wildman–Crippen LogP) is 2.47. The van der Waals surface area contributed by atoms with E-state index in [9.17, 15) is 14.4 Å². The highest BCUT2D eigenvalue weighted by molar-refractivity contribution is 6.09. The molecule has 2 fully saturated rings. The number of rotatable bonds is 8. The van der Waals surface area contributed by atoms with Gasteiger partial charge in [-0.3, -0.25) is 14.5 Å². The van der Waals surface area contributed by atoms with Crippen LogP contribution in [-0.2, 0) is 22.6 Å². The lowest BCUT2D eigenvalue weighted by atomic mass is 9.92. The molecule has 1 saturated heterocycles. The molecule has 2 heterocycles. The largest absolute Gasteiger partial charge is 0.497 e. The number of amides is 4. The maximum Gasteiger partial charge on any atom is 0.325 e. The zero-order valence-electron chi connectivity index (χ0n) is 19.2. The molecule has 0 bridgehead atoms. The number of carbonyl (C=O) groups excluding carboxylic acids is 3. The van der Waals surface area contributed by atoms with Crippen molar-refractivity contribution in [1.82, 2.24) is 15.1 Å². The maximum absolute atomic E-state index is 13.3. The van der Waals surface area contributed by atoms with Crippen LogP contribution in [0.15, 0.2) is 42.5 Å². The molecule has 5 rings (SSSR count). The smallest absolute Gasteiger partial charge is 0.325 e. The third kappa shape index (κ3) is 4.25. The van der Waals surface area contributed by atoms with Crippen LogP contribution in [-0.4, -0.2) is 59.7 Å². The van der Waals surface area contributed by atoms with Gasteiger partial charge in [-0.05, 0) is 55.2 Å². The summed E-state index contributed by atoms with van der Waals surface area (Å²) in [6.07, 6.45) is 2.12. The van der Waals surface area contributed by atoms with Gasteiger partial charge in [-0.15, -0.1) is 0 Å². The number of nitrogens with zero attached hydrogens (tertiary/aromatic N) is 2. The van der Waals surface area contributed by atoms with Gasteiger partial charge in [0.25, 0.3) is 5.91 Å². The number of nitrogens with one attached hydrogen (secondary N) is 1. The van der Waals surface area contributed by atoms with Crippen LogP contribution in [0.25, 0.3) is 0 Å². The number of hydrogen-bond acceptors (Lipinski definition) is 6. The average molecular weight is 466 g/mol. The second kappa shape index (κ2) is 8.55. The topological polar surface area (TPSA) is 97.4 Å². The van der Waals surface area contributed by atoms with Gasteiger partial charge in [0.2, 0.25) is 12.7 Å². The van der Waals surface area contributed by atoms with E-state index >= 15 is 0 Å². The van der Waals surface area contributed by atoms with Crippen molar-refractivity contribution in [3.05, 3.63) is 53.6 Å². The highest BCUT2D eigenvalue weighted by atomic mass is 16.7. The van der Waals surface area contributed by atoms with Gasteiger partial charge < -0.3 is 24.4 Å². The summed E-state index contributed by atoms with van der Waals surface area (Å²) in [4.78, 5) is 41.9. The van der Waals surface area contributed by atoms with Crippen molar-refractivity contribution in [1.29, 1.82) is 0 Å². The lowest BCUT2D eigenvalue weighted by Crippen LogP contribution is -2.47. The van der Waals surface area contributed by atoms with Crippen molar-refractivity contribution in [2.75, 3.05) is 20.4 Å². The van der Waals surface area contributed by atoms with E-state index in [0.717, 1.165) is 34.6 Å². The number of benzene rings is 2. The summed E-state index contributed by atoms with van der Waals surface area (Å²) in [5.74, 6) is 1.36. The Balaban J connectivity index is 1.27. The molecule has 34 heavy (non-hydrogen) atoms. The number of urea groups is 1. The number of imide groups is 1. The highest BCUT2D eigenvalue weighted by Gasteiger charge is 2.49. The zero-order valence-corrected chi connectivity index (χ0v) is 19.2. The van der Waals surface area contributed by atoms with Gasteiger partial charge in [-0.1, -0.05) is 18.2 Å². The molecule has 3 aliphatic rings. The minimum absolute atomic E-state index is 0.135. The summed E-state index contributed by atoms with van der Waals surface area (Å²) in [6, 6.07) is 12.6. The molecule has 0 radical (unpaired) electrons. The Labute approximate surface area is 197 Å². The van der Waals surface area contributed by atoms with Crippen LogP contribution in [0.2, 0.25) is 0 Å². The molecule has 1 aliphatic carbocycles. The van der Waals surface area contributed by atoms with Gasteiger partial charge in [0.15, 0.2) is 11.5 Å². The Bertz CT molecular complexity index is 1130. The Morgan fingerprint density at radius 2 is 1.82 bits per heavy atom. The summed E-state index contributed by atoms with van der Waals surface area (Å²) < 4.78 is 15.9. The molecular formula is C25H27N3O6. The molecule has 0 spiro atoms. The van der Waals surface area contributed by atoms with Crippen LogP contribution in [0.5, 0.6) is 17.2 Å². The molecular weight excluding hydrogens is 438 g/mol. The van der Waals surface area contributed by atoms with E-state index in [1.807, 2.05) is 36.4 Å². The number of fused-ring (bicyclic) bond motifs is 1. The number of ether oxygens (including phenoxy) is 3. The van der Waals surface area contributed by atoms with Gasteiger partial charge >= 0.3 is 6.03 Å². The second-order valence-electron chi connectivity index (χ2n) is 9.12. The molecule has 4 amide bonds. The Morgan fingerprint density at radius 1 is 1.12 bits per heavy atom. The number of hydrogen-bond donors (Lipinski definition) is 1. The lowest BCUT2D eigenvalue weighted by molar-refractivity contribution is -0.139. The molecule has 0 unspecified atom stereocenters. The third-order valence-corrected chi connectivity index (χ3v) is 6.45. The van der Waals surface area contributed by atoms with Gasteiger partial charge in [-0.2, -0.15) is 0 Å². The second-order valence-corrected chi connectivity index (χ2v) is 9.12. The van der Waals surface area contributed by atoms with Crippen LogP contribution in [0, 0.1) is 0 Å². The van der Waals surface area contributed by atoms with Gasteiger partial charge in [0, 0.05) is 19.0 Å². The lowest BCUT2D eigenvalue weighted by Gasteiger charge is -2.25. The van der Waals surface area contributed by atoms with E-state index < -0.39 is 17.5 Å². The molecule has 9 heteroatoms. The molecule has 2 aromatic rings. The number of carbonyl (C=O) groups is 3. The van der Waals surface area contributed by atoms with Crippen molar-refractivity contribution in [2.24, 2.45) is 0 Å². The minimum Gasteiger partial charge on any atom is -0.497 e. The molecule has 2 aliphatic heterocycles. The first kappa shape index (κ1) is 22.1. The molecule has 1 saturated carbocycles. The van der Waals surface area contributed by atoms with E-state index in [1.165, 1.54) is 0 Å². The fraction of sp³-hybridized carbons (Fsp3) is 0.400. The molecule has 0 aromatic heterocycles. The van der Waals surface area contributed by atoms with E-state index in [-0.39, 0.29) is 31.7 Å². The van der Waals surface area contributed by atoms with Gasteiger partial charge in [-0.25, -0.2) is 4.79 Å². The summed E-state index contributed by atoms with van der Waals surface area (Å²) in [7, 11) is 1.60. The summed E-state index contributed by atoms with van der Waals surface area (Å²) in [5, 5.41) is 2.78.